The summed E-state index contributed by atoms with van der Waals surface area (Å²) in [5.74, 6) is 0.923. The van der Waals surface area contributed by atoms with E-state index in [4.69, 9.17) is 0 Å². The van der Waals surface area contributed by atoms with Crippen LogP contribution in [-0.4, -0.2) is 35.2 Å². The third kappa shape index (κ3) is 2.85. The molecule has 0 spiro atoms. The lowest BCUT2D eigenvalue weighted by atomic mass is 9.88. The maximum Gasteiger partial charge on any atom is 0.0746 e. The van der Waals surface area contributed by atoms with Crippen molar-refractivity contribution in [1.29, 1.82) is 0 Å². The number of nitrogens with zero attached hydrogens (tertiary/aromatic N) is 1. The molecular formula is C15H29NO. The van der Waals surface area contributed by atoms with Crippen LogP contribution in [-0.2, 0) is 0 Å². The summed E-state index contributed by atoms with van der Waals surface area (Å²) in [5, 5.41) is 10.4. The first-order valence-electron chi connectivity index (χ1n) is 7.46. The van der Waals surface area contributed by atoms with Crippen molar-refractivity contribution >= 4 is 0 Å². The largest absolute Gasteiger partial charge is 0.391 e. The molecule has 0 aromatic carbocycles. The van der Waals surface area contributed by atoms with Crippen LogP contribution in [0.15, 0.2) is 0 Å². The number of hydrogen-bond donors (Lipinski definition) is 1. The fraction of sp³-hybridized carbons (Fsp3) is 1.00. The lowest BCUT2D eigenvalue weighted by molar-refractivity contribution is 0.0154. The molecule has 1 saturated heterocycles. The second-order valence-electron chi connectivity index (χ2n) is 6.78. The van der Waals surface area contributed by atoms with Crippen LogP contribution in [0.2, 0.25) is 0 Å². The van der Waals surface area contributed by atoms with Crippen LogP contribution in [0.25, 0.3) is 0 Å². The van der Waals surface area contributed by atoms with Crippen LogP contribution in [0, 0.1) is 11.3 Å². The molecule has 17 heavy (non-hydrogen) atoms. The molecule has 2 rings (SSSR count). The van der Waals surface area contributed by atoms with Gasteiger partial charge in [0.05, 0.1) is 6.10 Å². The molecule has 3 atom stereocenters. The van der Waals surface area contributed by atoms with Gasteiger partial charge in [-0.25, -0.2) is 0 Å². The van der Waals surface area contributed by atoms with Gasteiger partial charge in [-0.1, -0.05) is 27.2 Å². The lowest BCUT2D eigenvalue weighted by Crippen LogP contribution is -2.44. The molecule has 0 amide bonds. The zero-order valence-electron chi connectivity index (χ0n) is 11.8. The van der Waals surface area contributed by atoms with Gasteiger partial charge in [0.25, 0.3) is 0 Å². The van der Waals surface area contributed by atoms with Crippen LogP contribution in [0.3, 0.4) is 0 Å². The summed E-state index contributed by atoms with van der Waals surface area (Å²) < 4.78 is 0. The van der Waals surface area contributed by atoms with Gasteiger partial charge in [-0.3, -0.25) is 4.90 Å². The summed E-state index contributed by atoms with van der Waals surface area (Å²) in [4.78, 5) is 2.58. The minimum atomic E-state index is -0.124. The van der Waals surface area contributed by atoms with Crippen molar-refractivity contribution in [3.8, 4) is 0 Å². The van der Waals surface area contributed by atoms with Gasteiger partial charge in [0.2, 0.25) is 0 Å². The molecule has 0 aromatic heterocycles. The van der Waals surface area contributed by atoms with Gasteiger partial charge in [0, 0.05) is 6.04 Å². The molecule has 1 aliphatic heterocycles. The van der Waals surface area contributed by atoms with Gasteiger partial charge in [-0.15, -0.1) is 0 Å². The van der Waals surface area contributed by atoms with Crippen LogP contribution in [0.1, 0.15) is 59.3 Å². The number of hydrogen-bond acceptors (Lipinski definition) is 2. The fourth-order valence-electron chi connectivity index (χ4n) is 3.66. The van der Waals surface area contributed by atoms with E-state index in [1.54, 1.807) is 0 Å². The Labute approximate surface area is 106 Å². The van der Waals surface area contributed by atoms with Crippen LogP contribution < -0.4 is 0 Å². The van der Waals surface area contributed by atoms with Crippen molar-refractivity contribution in [2.45, 2.75) is 71.4 Å². The molecule has 100 valence electrons. The molecule has 1 N–H and O–H groups in total. The van der Waals surface area contributed by atoms with Gasteiger partial charge < -0.3 is 5.11 Å². The highest BCUT2D eigenvalue weighted by atomic mass is 16.3. The minimum Gasteiger partial charge on any atom is -0.391 e. The number of aliphatic hydroxyl groups excluding tert-OH is 1. The zero-order valence-corrected chi connectivity index (χ0v) is 11.8. The molecule has 2 nitrogen and oxygen atoms in total. The highest BCUT2D eigenvalue weighted by Gasteiger charge is 2.43. The van der Waals surface area contributed by atoms with Gasteiger partial charge >= 0.3 is 0 Å². The predicted octanol–water partition coefficient (Wildman–Crippen LogP) is 3.05. The van der Waals surface area contributed by atoms with Crippen molar-refractivity contribution in [2.75, 3.05) is 13.1 Å². The van der Waals surface area contributed by atoms with E-state index in [0.29, 0.717) is 6.04 Å². The van der Waals surface area contributed by atoms with E-state index in [-0.39, 0.29) is 11.5 Å². The molecule has 0 bridgehead atoms. The zero-order chi connectivity index (χ0) is 12.5. The van der Waals surface area contributed by atoms with Crippen LogP contribution in [0.4, 0.5) is 0 Å². The molecule has 3 unspecified atom stereocenters. The Balaban J connectivity index is 1.94. The number of aliphatic hydroxyl groups is 1. The van der Waals surface area contributed by atoms with E-state index in [1.807, 2.05) is 0 Å². The van der Waals surface area contributed by atoms with E-state index < -0.39 is 0 Å². The minimum absolute atomic E-state index is 0.124. The Morgan fingerprint density at radius 1 is 1.18 bits per heavy atom. The average Bonchev–Trinajstić information content (AvgIpc) is 2.51. The molecular weight excluding hydrogens is 210 g/mol. The average molecular weight is 239 g/mol. The van der Waals surface area contributed by atoms with E-state index in [1.165, 1.54) is 51.6 Å². The summed E-state index contributed by atoms with van der Waals surface area (Å²) in [5.41, 5.74) is 0.126. The summed E-state index contributed by atoms with van der Waals surface area (Å²) in [6.07, 6.45) is 7.60. The first kappa shape index (κ1) is 13.4. The van der Waals surface area contributed by atoms with Crippen molar-refractivity contribution in [2.24, 2.45) is 11.3 Å². The molecule has 0 radical (unpaired) electrons. The van der Waals surface area contributed by atoms with E-state index in [9.17, 15) is 5.11 Å². The highest BCUT2D eigenvalue weighted by molar-refractivity contribution is 4.96. The number of rotatable bonds is 2. The Bertz CT molecular complexity index is 251. The molecule has 2 heteroatoms. The third-order valence-electron chi connectivity index (χ3n) is 5.18. The summed E-state index contributed by atoms with van der Waals surface area (Å²) in [6.45, 7) is 9.15. The Hall–Kier alpha value is -0.0800. The summed E-state index contributed by atoms with van der Waals surface area (Å²) >= 11 is 0. The maximum absolute atomic E-state index is 10.4. The van der Waals surface area contributed by atoms with E-state index in [2.05, 4.69) is 25.7 Å². The highest BCUT2D eigenvalue weighted by Crippen LogP contribution is 2.40. The normalized spacial score (nSPS) is 39.2. The Kier molecular flexibility index (Phi) is 4.14. The van der Waals surface area contributed by atoms with Crippen molar-refractivity contribution in [1.82, 2.24) is 4.90 Å². The maximum atomic E-state index is 10.4. The quantitative estimate of drug-likeness (QED) is 0.800. The monoisotopic (exact) mass is 239 g/mol. The van der Waals surface area contributed by atoms with Crippen LogP contribution in [0.5, 0.6) is 0 Å². The molecule has 2 aliphatic rings. The van der Waals surface area contributed by atoms with Crippen molar-refractivity contribution in [3.63, 3.8) is 0 Å². The van der Waals surface area contributed by atoms with Gasteiger partial charge in [0.15, 0.2) is 0 Å². The summed E-state index contributed by atoms with van der Waals surface area (Å²) in [6, 6.07) is 0.431. The van der Waals surface area contributed by atoms with Crippen molar-refractivity contribution in [3.05, 3.63) is 0 Å². The second-order valence-corrected chi connectivity index (χ2v) is 6.78. The first-order valence-corrected chi connectivity index (χ1v) is 7.46. The topological polar surface area (TPSA) is 23.5 Å². The molecule has 1 aliphatic carbocycles. The van der Waals surface area contributed by atoms with E-state index >= 15 is 0 Å². The third-order valence-corrected chi connectivity index (χ3v) is 5.18. The van der Waals surface area contributed by atoms with Gasteiger partial charge in [0.1, 0.15) is 0 Å². The van der Waals surface area contributed by atoms with Crippen LogP contribution >= 0.6 is 0 Å². The lowest BCUT2D eigenvalue weighted by Gasteiger charge is -2.33. The van der Waals surface area contributed by atoms with Gasteiger partial charge in [-0.2, -0.15) is 0 Å². The van der Waals surface area contributed by atoms with E-state index in [0.717, 1.165) is 5.92 Å². The Morgan fingerprint density at radius 2 is 1.94 bits per heavy atom. The Morgan fingerprint density at radius 3 is 2.53 bits per heavy atom. The fourth-order valence-corrected chi connectivity index (χ4v) is 3.66. The number of likely N-dealkylation sites (tertiary alicyclic amines) is 1. The SMILES string of the molecule is CCC1CCCN(C2CCC(C)(C)C2O)CC1. The molecule has 1 saturated carbocycles. The molecule has 2 fully saturated rings. The van der Waals surface area contributed by atoms with Crippen molar-refractivity contribution < 1.29 is 5.11 Å². The standard InChI is InChI=1S/C15H29NO/c1-4-12-6-5-10-16(11-8-12)13-7-9-15(2,3)14(13)17/h12-14,17H,4-11H2,1-3H3. The first-order chi connectivity index (χ1) is 8.04. The smallest absolute Gasteiger partial charge is 0.0746 e. The predicted molar refractivity (Wildman–Crippen MR) is 72.0 cm³/mol. The second kappa shape index (κ2) is 5.27. The summed E-state index contributed by atoms with van der Waals surface area (Å²) in [7, 11) is 0. The molecule has 0 aromatic rings. The molecule has 1 heterocycles. The van der Waals surface area contributed by atoms with Gasteiger partial charge in [-0.05, 0) is 56.5 Å².